The molecule has 0 radical (unpaired) electrons. The fraction of sp³-hybridized carbons (Fsp3) is 0.526. The molecule has 114 valence electrons. The van der Waals surface area contributed by atoms with Crippen molar-refractivity contribution >= 4 is 11.4 Å². The Kier molecular flexibility index (Phi) is 2.55. The molecular formula is C19H22N2O. The molecule has 1 aromatic carbocycles. The second-order valence-electron chi connectivity index (χ2n) is 7.22. The summed E-state index contributed by atoms with van der Waals surface area (Å²) in [4.78, 5) is 7.67. The van der Waals surface area contributed by atoms with Gasteiger partial charge in [0, 0.05) is 42.8 Å². The van der Waals surface area contributed by atoms with Gasteiger partial charge in [-0.3, -0.25) is 9.89 Å². The number of aliphatic hydroxyl groups excluding tert-OH is 1. The van der Waals surface area contributed by atoms with E-state index in [1.165, 1.54) is 16.8 Å². The van der Waals surface area contributed by atoms with Gasteiger partial charge in [0.25, 0.3) is 0 Å². The highest BCUT2D eigenvalue weighted by Gasteiger charge is 2.62. The number of piperidine rings is 2. The molecule has 2 saturated heterocycles. The molecule has 0 amide bonds. The van der Waals surface area contributed by atoms with Gasteiger partial charge in [-0.2, -0.15) is 0 Å². The molecule has 1 N–H and O–H groups in total. The van der Waals surface area contributed by atoms with Gasteiger partial charge in [-0.25, -0.2) is 0 Å². The zero-order valence-corrected chi connectivity index (χ0v) is 13.0. The standard InChI is InChI=1S/C19H22N2O/c1-2-12-10-21-8-7-19-14-5-3-4-6-16(14)20-18(19)17(21)9-13(12)15(19)11-22/h2-6,13,15,17,22H,7-11H2,1H3/t13-,15-,17-,19-/m0/s1. The van der Waals surface area contributed by atoms with E-state index in [1.807, 2.05) is 0 Å². The second kappa shape index (κ2) is 4.30. The van der Waals surface area contributed by atoms with Crippen molar-refractivity contribution < 1.29 is 5.11 Å². The van der Waals surface area contributed by atoms with Crippen LogP contribution in [0.4, 0.5) is 5.69 Å². The van der Waals surface area contributed by atoms with E-state index < -0.39 is 0 Å². The lowest BCUT2D eigenvalue weighted by molar-refractivity contribution is 0.0292. The summed E-state index contributed by atoms with van der Waals surface area (Å²) in [6.07, 6.45) is 4.54. The van der Waals surface area contributed by atoms with Crippen LogP contribution < -0.4 is 0 Å². The fourth-order valence-corrected chi connectivity index (χ4v) is 5.72. The molecule has 1 saturated carbocycles. The third-order valence-electron chi connectivity index (χ3n) is 6.66. The molecule has 0 spiro atoms. The normalized spacial score (nSPS) is 40.5. The highest BCUT2D eigenvalue weighted by molar-refractivity contribution is 6.07. The van der Waals surface area contributed by atoms with Crippen LogP contribution in [0.2, 0.25) is 0 Å². The van der Waals surface area contributed by atoms with E-state index in [0.29, 0.717) is 17.9 Å². The molecular weight excluding hydrogens is 272 g/mol. The van der Waals surface area contributed by atoms with E-state index >= 15 is 0 Å². The minimum absolute atomic E-state index is 0.00981. The van der Waals surface area contributed by atoms with Crippen molar-refractivity contribution in [2.45, 2.75) is 31.2 Å². The largest absolute Gasteiger partial charge is 0.396 e. The molecule has 3 aliphatic heterocycles. The number of aliphatic hydroxyl groups is 1. The van der Waals surface area contributed by atoms with Crippen molar-refractivity contribution in [2.75, 3.05) is 19.7 Å². The summed E-state index contributed by atoms with van der Waals surface area (Å²) in [7, 11) is 0. The Balaban J connectivity index is 1.77. The SMILES string of the molecule is CC=C1CN2CC[C@]34C(=Nc5ccccc53)[C@@H]2C[C@@H]1[C@@H]4CO. The maximum absolute atomic E-state index is 10.3. The Morgan fingerprint density at radius 3 is 3.09 bits per heavy atom. The van der Waals surface area contributed by atoms with Gasteiger partial charge in [-0.05, 0) is 37.3 Å². The van der Waals surface area contributed by atoms with Gasteiger partial charge >= 0.3 is 0 Å². The minimum Gasteiger partial charge on any atom is -0.396 e. The minimum atomic E-state index is -0.00981. The Bertz CT molecular complexity index is 707. The summed E-state index contributed by atoms with van der Waals surface area (Å²) < 4.78 is 0. The number of hydrogen-bond donors (Lipinski definition) is 1. The number of allylic oxidation sites excluding steroid dienone is 1. The molecule has 3 bridgehead atoms. The predicted molar refractivity (Wildman–Crippen MR) is 87.6 cm³/mol. The summed E-state index contributed by atoms with van der Waals surface area (Å²) in [5.74, 6) is 0.807. The van der Waals surface area contributed by atoms with E-state index in [9.17, 15) is 5.11 Å². The molecule has 1 aromatic rings. The van der Waals surface area contributed by atoms with Crippen LogP contribution in [0.25, 0.3) is 0 Å². The molecule has 4 aliphatic rings. The zero-order chi connectivity index (χ0) is 14.9. The monoisotopic (exact) mass is 294 g/mol. The number of rotatable bonds is 1. The Morgan fingerprint density at radius 1 is 1.41 bits per heavy atom. The molecule has 3 heteroatoms. The molecule has 5 rings (SSSR count). The van der Waals surface area contributed by atoms with Crippen molar-refractivity contribution in [3.8, 4) is 0 Å². The maximum atomic E-state index is 10.3. The van der Waals surface area contributed by atoms with Crippen LogP contribution in [0, 0.1) is 11.8 Å². The number of aliphatic imine (C=N–C) groups is 1. The molecule has 22 heavy (non-hydrogen) atoms. The summed E-state index contributed by atoms with van der Waals surface area (Å²) in [6, 6.07) is 9.10. The zero-order valence-electron chi connectivity index (χ0n) is 13.0. The van der Waals surface area contributed by atoms with Gasteiger partial charge in [-0.1, -0.05) is 29.8 Å². The van der Waals surface area contributed by atoms with E-state index in [4.69, 9.17) is 4.99 Å². The number of nitrogens with zero attached hydrogens (tertiary/aromatic N) is 2. The first-order valence-electron chi connectivity index (χ1n) is 8.48. The van der Waals surface area contributed by atoms with Crippen LogP contribution in [0.15, 0.2) is 40.9 Å². The first-order chi connectivity index (χ1) is 10.8. The topological polar surface area (TPSA) is 35.8 Å². The van der Waals surface area contributed by atoms with E-state index in [0.717, 1.165) is 31.6 Å². The molecule has 0 unspecified atom stereocenters. The van der Waals surface area contributed by atoms with Gasteiger partial charge < -0.3 is 5.11 Å². The van der Waals surface area contributed by atoms with Crippen LogP contribution in [0.1, 0.15) is 25.3 Å². The average Bonchev–Trinajstić information content (AvgIpc) is 2.90. The average molecular weight is 294 g/mol. The van der Waals surface area contributed by atoms with Crippen molar-refractivity contribution in [1.82, 2.24) is 4.90 Å². The molecule has 4 atom stereocenters. The Morgan fingerprint density at radius 2 is 2.27 bits per heavy atom. The predicted octanol–water partition coefficient (Wildman–Crippen LogP) is 2.67. The third-order valence-corrected chi connectivity index (χ3v) is 6.66. The summed E-state index contributed by atoms with van der Waals surface area (Å²) in [6.45, 7) is 4.61. The molecule has 3 heterocycles. The maximum Gasteiger partial charge on any atom is 0.0671 e. The van der Waals surface area contributed by atoms with Crippen molar-refractivity contribution in [2.24, 2.45) is 16.8 Å². The van der Waals surface area contributed by atoms with Crippen molar-refractivity contribution in [1.29, 1.82) is 0 Å². The highest BCUT2D eigenvalue weighted by Crippen LogP contribution is 2.59. The number of benzene rings is 1. The van der Waals surface area contributed by atoms with Gasteiger partial charge in [0.1, 0.15) is 0 Å². The molecule has 0 aromatic heterocycles. The smallest absolute Gasteiger partial charge is 0.0671 e. The van der Waals surface area contributed by atoms with Crippen molar-refractivity contribution in [3.63, 3.8) is 0 Å². The molecule has 1 aliphatic carbocycles. The van der Waals surface area contributed by atoms with E-state index in [1.54, 1.807) is 0 Å². The fourth-order valence-electron chi connectivity index (χ4n) is 5.72. The van der Waals surface area contributed by atoms with Crippen LogP contribution in [-0.2, 0) is 5.41 Å². The first-order valence-corrected chi connectivity index (χ1v) is 8.48. The summed E-state index contributed by atoms with van der Waals surface area (Å²) in [5, 5.41) is 10.3. The lowest BCUT2D eigenvalue weighted by Gasteiger charge is -2.60. The lowest BCUT2D eigenvalue weighted by atomic mass is 9.51. The van der Waals surface area contributed by atoms with Crippen molar-refractivity contribution in [3.05, 3.63) is 41.5 Å². The Hall–Kier alpha value is -1.45. The Labute approximate surface area is 131 Å². The van der Waals surface area contributed by atoms with Crippen LogP contribution in [0.5, 0.6) is 0 Å². The van der Waals surface area contributed by atoms with E-state index in [2.05, 4.69) is 42.2 Å². The first kappa shape index (κ1) is 13.0. The summed E-state index contributed by atoms with van der Waals surface area (Å²) >= 11 is 0. The quantitative estimate of drug-likeness (QED) is 0.808. The van der Waals surface area contributed by atoms with Gasteiger partial charge in [0.2, 0.25) is 0 Å². The summed E-state index contributed by atoms with van der Waals surface area (Å²) in [5.41, 5.74) is 5.38. The number of para-hydroxylation sites is 1. The third kappa shape index (κ3) is 1.33. The van der Waals surface area contributed by atoms with Crippen LogP contribution >= 0.6 is 0 Å². The molecule has 3 nitrogen and oxygen atoms in total. The lowest BCUT2D eigenvalue weighted by Crippen LogP contribution is -2.68. The van der Waals surface area contributed by atoms with Gasteiger partial charge in [0.05, 0.1) is 5.69 Å². The van der Waals surface area contributed by atoms with Gasteiger partial charge in [-0.15, -0.1) is 0 Å². The molecule has 3 fully saturated rings. The van der Waals surface area contributed by atoms with Crippen LogP contribution in [-0.4, -0.2) is 41.5 Å². The number of hydrogen-bond acceptors (Lipinski definition) is 3. The van der Waals surface area contributed by atoms with Crippen LogP contribution in [0.3, 0.4) is 0 Å². The van der Waals surface area contributed by atoms with Gasteiger partial charge in [0.15, 0.2) is 0 Å². The second-order valence-corrected chi connectivity index (χ2v) is 7.22. The number of fused-ring (bicyclic) bond motifs is 2. The van der Waals surface area contributed by atoms with E-state index in [-0.39, 0.29) is 12.0 Å². The highest BCUT2D eigenvalue weighted by atomic mass is 16.3.